The van der Waals surface area contributed by atoms with Crippen LogP contribution in [-0.4, -0.2) is 12.2 Å². The number of halogens is 1. The van der Waals surface area contributed by atoms with Gasteiger partial charge in [0.25, 0.3) is 0 Å². The fraction of sp³-hybridized carbons (Fsp3) is 0.333. The molecule has 4 aromatic rings. The normalized spacial score (nSPS) is 18.7. The molecule has 1 fully saturated rings. The van der Waals surface area contributed by atoms with E-state index in [0.29, 0.717) is 5.75 Å². The number of hydrogen-bond donors (Lipinski definition) is 1. The molecule has 0 radical (unpaired) electrons. The Hall–Kier alpha value is -3.33. The van der Waals surface area contributed by atoms with Crippen LogP contribution in [0, 0.1) is 16.6 Å². The summed E-state index contributed by atoms with van der Waals surface area (Å²) < 4.78 is 19.5. The molecule has 0 aliphatic heterocycles. The quantitative estimate of drug-likeness (QED) is 0.310. The van der Waals surface area contributed by atoms with Gasteiger partial charge in [-0.05, 0) is 93.6 Å². The van der Waals surface area contributed by atoms with Crippen LogP contribution in [0.5, 0.6) is 11.5 Å². The van der Waals surface area contributed by atoms with Crippen molar-refractivity contribution in [2.24, 2.45) is 10.8 Å². The Bertz CT molecular complexity index is 1500. The predicted octanol–water partition coefficient (Wildman–Crippen LogP) is 8.86. The maximum atomic E-state index is 13.6. The molecule has 1 N–H and O–H groups in total. The van der Waals surface area contributed by atoms with E-state index in [0.717, 1.165) is 34.7 Å². The molecule has 6 rings (SSSR count). The van der Waals surface area contributed by atoms with Crippen molar-refractivity contribution >= 4 is 10.8 Å². The number of phenolic OH excluding ortho intramolecular Hbond substituents is 1. The number of ether oxygens (including phenoxy) is 1. The summed E-state index contributed by atoms with van der Waals surface area (Å²) >= 11 is 0. The Morgan fingerprint density at radius 3 is 2.08 bits per heavy atom. The summed E-state index contributed by atoms with van der Waals surface area (Å²) in [5, 5.41) is 13.3. The summed E-state index contributed by atoms with van der Waals surface area (Å²) in [6.07, 6.45) is 3.26. The second-order valence-corrected chi connectivity index (χ2v) is 12.4. The van der Waals surface area contributed by atoms with Gasteiger partial charge in [-0.15, -0.1) is 0 Å². The van der Waals surface area contributed by atoms with E-state index in [2.05, 4.69) is 58.0 Å². The van der Waals surface area contributed by atoms with Crippen molar-refractivity contribution in [3.05, 3.63) is 83.7 Å². The molecule has 184 valence electrons. The first-order valence-corrected chi connectivity index (χ1v) is 12.8. The van der Waals surface area contributed by atoms with Crippen LogP contribution < -0.4 is 4.74 Å². The highest BCUT2D eigenvalue weighted by molar-refractivity contribution is 6.07. The number of aromatic hydroxyl groups is 1. The van der Waals surface area contributed by atoms with Gasteiger partial charge in [0.15, 0.2) is 0 Å². The van der Waals surface area contributed by atoms with E-state index in [-0.39, 0.29) is 27.8 Å². The molecule has 0 atom stereocenters. The second kappa shape index (κ2) is 7.59. The summed E-state index contributed by atoms with van der Waals surface area (Å²) in [7, 11) is 1.67. The van der Waals surface area contributed by atoms with Crippen LogP contribution in [0.3, 0.4) is 0 Å². The fourth-order valence-corrected chi connectivity index (χ4v) is 7.88. The van der Waals surface area contributed by atoms with Crippen LogP contribution in [0.2, 0.25) is 0 Å². The zero-order valence-corrected chi connectivity index (χ0v) is 21.7. The van der Waals surface area contributed by atoms with Crippen LogP contribution in [0.25, 0.3) is 33.0 Å². The fourth-order valence-electron chi connectivity index (χ4n) is 7.88. The Morgan fingerprint density at radius 2 is 1.42 bits per heavy atom. The van der Waals surface area contributed by atoms with Crippen LogP contribution in [0.15, 0.2) is 66.7 Å². The molecule has 0 amide bonds. The first kappa shape index (κ1) is 23.1. The van der Waals surface area contributed by atoms with Gasteiger partial charge >= 0.3 is 0 Å². The van der Waals surface area contributed by atoms with E-state index in [1.54, 1.807) is 19.2 Å². The van der Waals surface area contributed by atoms with E-state index >= 15 is 0 Å². The lowest BCUT2D eigenvalue weighted by Crippen LogP contribution is -2.43. The van der Waals surface area contributed by atoms with Gasteiger partial charge in [-0.1, -0.05) is 64.1 Å². The van der Waals surface area contributed by atoms with Crippen LogP contribution in [-0.2, 0) is 5.41 Å². The number of hydrogen-bond acceptors (Lipinski definition) is 2. The Morgan fingerprint density at radius 1 is 0.750 bits per heavy atom. The lowest BCUT2D eigenvalue weighted by molar-refractivity contribution is 0.0645. The predicted molar refractivity (Wildman–Crippen MR) is 145 cm³/mol. The molecule has 1 spiro atoms. The summed E-state index contributed by atoms with van der Waals surface area (Å²) in [5.41, 5.74) is 6.94. The monoisotopic (exact) mass is 480 g/mol. The average Bonchev–Trinajstić information content (AvgIpc) is 3.05. The highest BCUT2D eigenvalue weighted by Gasteiger charge is 2.53. The molecule has 2 aliphatic rings. The Kier molecular flexibility index (Phi) is 4.87. The molecular weight excluding hydrogens is 447 g/mol. The van der Waals surface area contributed by atoms with Gasteiger partial charge in [0.05, 0.1) is 7.11 Å². The molecule has 2 aliphatic carbocycles. The minimum atomic E-state index is -0.278. The topological polar surface area (TPSA) is 29.5 Å². The van der Waals surface area contributed by atoms with E-state index in [1.165, 1.54) is 40.8 Å². The largest absolute Gasteiger partial charge is 0.507 e. The summed E-state index contributed by atoms with van der Waals surface area (Å²) in [6, 6.07) is 21.3. The SMILES string of the molecule is COc1cc2c3c(cc(O)c2cc1-c1ccc(F)cc1)C1(CC(C)(C)CC(C)(C)C1)c1ccccc1-3. The van der Waals surface area contributed by atoms with Crippen molar-refractivity contribution < 1.29 is 14.2 Å². The van der Waals surface area contributed by atoms with Gasteiger partial charge in [-0.3, -0.25) is 0 Å². The smallest absolute Gasteiger partial charge is 0.127 e. The maximum Gasteiger partial charge on any atom is 0.127 e. The molecule has 36 heavy (non-hydrogen) atoms. The third-order valence-corrected chi connectivity index (χ3v) is 8.34. The number of rotatable bonds is 2. The number of phenols is 1. The van der Waals surface area contributed by atoms with Crippen LogP contribution in [0.1, 0.15) is 58.1 Å². The lowest BCUT2D eigenvalue weighted by Gasteiger charge is -2.51. The molecule has 0 heterocycles. The van der Waals surface area contributed by atoms with E-state index in [9.17, 15) is 9.50 Å². The van der Waals surface area contributed by atoms with Crippen molar-refractivity contribution in [3.63, 3.8) is 0 Å². The third kappa shape index (κ3) is 3.36. The summed E-state index contributed by atoms with van der Waals surface area (Å²) in [6.45, 7) is 9.54. The summed E-state index contributed by atoms with van der Waals surface area (Å²) in [4.78, 5) is 0. The second-order valence-electron chi connectivity index (χ2n) is 12.4. The first-order valence-electron chi connectivity index (χ1n) is 12.8. The molecule has 0 aromatic heterocycles. The van der Waals surface area contributed by atoms with Gasteiger partial charge in [0.2, 0.25) is 0 Å². The Labute approximate surface area is 212 Å². The van der Waals surface area contributed by atoms with Gasteiger partial charge in [-0.25, -0.2) is 4.39 Å². The molecule has 0 bridgehead atoms. The molecule has 3 heteroatoms. The molecular formula is C33H33FO2. The Balaban J connectivity index is 1.68. The van der Waals surface area contributed by atoms with Crippen molar-refractivity contribution in [1.82, 2.24) is 0 Å². The van der Waals surface area contributed by atoms with Crippen molar-refractivity contribution in [3.8, 4) is 33.8 Å². The summed E-state index contributed by atoms with van der Waals surface area (Å²) in [5.74, 6) is 0.715. The third-order valence-electron chi connectivity index (χ3n) is 8.34. The number of fused-ring (bicyclic) bond motifs is 7. The number of methoxy groups -OCH3 is 1. The molecule has 0 unspecified atom stereocenters. The van der Waals surface area contributed by atoms with Gasteiger partial charge < -0.3 is 9.84 Å². The van der Waals surface area contributed by atoms with Gasteiger partial charge in [0, 0.05) is 16.4 Å². The number of benzene rings is 4. The maximum absolute atomic E-state index is 13.6. The first-order chi connectivity index (χ1) is 17.0. The molecule has 0 saturated heterocycles. The van der Waals surface area contributed by atoms with E-state index < -0.39 is 0 Å². The highest BCUT2D eigenvalue weighted by atomic mass is 19.1. The van der Waals surface area contributed by atoms with Crippen molar-refractivity contribution in [2.75, 3.05) is 7.11 Å². The molecule has 2 nitrogen and oxygen atoms in total. The van der Waals surface area contributed by atoms with Crippen LogP contribution >= 0.6 is 0 Å². The van der Waals surface area contributed by atoms with E-state index in [1.807, 2.05) is 12.1 Å². The van der Waals surface area contributed by atoms with Crippen molar-refractivity contribution in [1.29, 1.82) is 0 Å². The molecule has 1 saturated carbocycles. The minimum absolute atomic E-state index is 0.147. The van der Waals surface area contributed by atoms with E-state index in [4.69, 9.17) is 4.74 Å². The van der Waals surface area contributed by atoms with Gasteiger partial charge in [0.1, 0.15) is 17.3 Å². The van der Waals surface area contributed by atoms with Crippen molar-refractivity contribution in [2.45, 2.75) is 52.4 Å². The minimum Gasteiger partial charge on any atom is -0.507 e. The highest BCUT2D eigenvalue weighted by Crippen LogP contribution is 2.65. The van der Waals surface area contributed by atoms with Crippen LogP contribution in [0.4, 0.5) is 4.39 Å². The zero-order valence-electron chi connectivity index (χ0n) is 21.7. The van der Waals surface area contributed by atoms with Gasteiger partial charge in [-0.2, -0.15) is 0 Å². The molecule has 4 aromatic carbocycles. The average molecular weight is 481 g/mol. The zero-order chi connectivity index (χ0) is 25.5. The standard InChI is InChI=1S/C33H33FO2/c1-31(2)17-32(3,4)19-33(18-31)26-9-7-6-8-22(26)30-25-15-29(36-5)23(20-10-12-21(34)13-11-20)14-24(25)28(35)16-27(30)33/h6-16,35H,17-19H2,1-5H3. The lowest BCUT2D eigenvalue weighted by atomic mass is 9.52.